The molecule has 2 saturated heterocycles. The number of rotatable bonds is 4. The van der Waals surface area contributed by atoms with E-state index in [1.54, 1.807) is 0 Å². The number of nitrogens with zero attached hydrogens (tertiary/aromatic N) is 4. The first-order valence-electron chi connectivity index (χ1n) is 9.92. The highest BCUT2D eigenvalue weighted by Gasteiger charge is 2.33. The first-order valence-corrected chi connectivity index (χ1v) is 9.92. The average Bonchev–Trinajstić information content (AvgIpc) is 2.97. The van der Waals surface area contributed by atoms with E-state index in [4.69, 9.17) is 4.52 Å². The SMILES string of the molecule is CC(C)c1noc([C@H](C)N2CCC[C@H](C(=O)N3CCCCCC3)C2)n1. The minimum Gasteiger partial charge on any atom is -0.342 e. The van der Waals surface area contributed by atoms with Crippen LogP contribution in [0.5, 0.6) is 0 Å². The second-order valence-electron chi connectivity index (χ2n) is 7.90. The Bertz CT molecular complexity index is 564. The molecule has 2 aliphatic heterocycles. The van der Waals surface area contributed by atoms with Gasteiger partial charge in [-0.25, -0.2) is 0 Å². The van der Waals surface area contributed by atoms with E-state index in [2.05, 4.69) is 40.7 Å². The third kappa shape index (κ3) is 4.40. The molecule has 6 nitrogen and oxygen atoms in total. The Labute approximate surface area is 150 Å². The second kappa shape index (κ2) is 8.30. The molecule has 140 valence electrons. The van der Waals surface area contributed by atoms with Crippen molar-refractivity contribution in [3.8, 4) is 0 Å². The standard InChI is InChI=1S/C19H32N4O2/c1-14(2)17-20-18(25-21-17)15(3)23-12-8-9-16(13-23)19(24)22-10-6-4-5-7-11-22/h14-16H,4-13H2,1-3H3/t15-,16-/m0/s1. The first-order chi connectivity index (χ1) is 12.1. The highest BCUT2D eigenvalue weighted by atomic mass is 16.5. The van der Waals surface area contributed by atoms with E-state index < -0.39 is 0 Å². The van der Waals surface area contributed by atoms with E-state index >= 15 is 0 Å². The molecule has 0 saturated carbocycles. The highest BCUT2D eigenvalue weighted by Crippen LogP contribution is 2.28. The normalized spacial score (nSPS) is 24.3. The van der Waals surface area contributed by atoms with Crippen molar-refractivity contribution >= 4 is 5.91 Å². The Hall–Kier alpha value is -1.43. The molecular weight excluding hydrogens is 316 g/mol. The zero-order valence-corrected chi connectivity index (χ0v) is 15.9. The number of carbonyl (C=O) groups is 1. The highest BCUT2D eigenvalue weighted by molar-refractivity contribution is 5.79. The Kier molecular flexibility index (Phi) is 6.10. The lowest BCUT2D eigenvalue weighted by Crippen LogP contribution is -2.45. The fourth-order valence-electron chi connectivity index (χ4n) is 3.92. The van der Waals surface area contributed by atoms with E-state index in [1.165, 1.54) is 12.8 Å². The van der Waals surface area contributed by atoms with Gasteiger partial charge in [-0.15, -0.1) is 0 Å². The number of hydrogen-bond acceptors (Lipinski definition) is 5. The Morgan fingerprint density at radius 2 is 1.80 bits per heavy atom. The van der Waals surface area contributed by atoms with Crippen LogP contribution in [0.25, 0.3) is 0 Å². The summed E-state index contributed by atoms with van der Waals surface area (Å²) in [6, 6.07) is 0.0692. The Morgan fingerprint density at radius 1 is 1.08 bits per heavy atom. The van der Waals surface area contributed by atoms with Gasteiger partial charge in [0.25, 0.3) is 0 Å². The van der Waals surface area contributed by atoms with E-state index in [0.717, 1.165) is 57.7 Å². The Morgan fingerprint density at radius 3 is 2.44 bits per heavy atom. The predicted octanol–water partition coefficient (Wildman–Crippen LogP) is 3.37. The van der Waals surface area contributed by atoms with Gasteiger partial charge in [0.2, 0.25) is 11.8 Å². The summed E-state index contributed by atoms with van der Waals surface area (Å²) in [6.07, 6.45) is 6.87. The van der Waals surface area contributed by atoms with Crippen molar-refractivity contribution in [3.63, 3.8) is 0 Å². The molecule has 2 aliphatic rings. The second-order valence-corrected chi connectivity index (χ2v) is 7.90. The molecule has 1 aromatic rings. The van der Waals surface area contributed by atoms with Crippen LogP contribution >= 0.6 is 0 Å². The summed E-state index contributed by atoms with van der Waals surface area (Å²) in [7, 11) is 0. The lowest BCUT2D eigenvalue weighted by molar-refractivity contribution is -0.137. The number of aromatic nitrogens is 2. The van der Waals surface area contributed by atoms with Crippen LogP contribution in [0.1, 0.15) is 83.0 Å². The molecule has 0 radical (unpaired) electrons. The summed E-state index contributed by atoms with van der Waals surface area (Å²) in [5, 5.41) is 4.08. The zero-order valence-electron chi connectivity index (χ0n) is 15.9. The molecule has 3 rings (SSSR count). The molecular formula is C19H32N4O2. The smallest absolute Gasteiger partial charge is 0.243 e. The van der Waals surface area contributed by atoms with Gasteiger partial charge in [0.05, 0.1) is 12.0 Å². The Balaban J connectivity index is 1.62. The molecule has 1 aromatic heterocycles. The molecule has 0 N–H and O–H groups in total. The maximum absolute atomic E-state index is 13.0. The lowest BCUT2D eigenvalue weighted by Gasteiger charge is -2.36. The van der Waals surface area contributed by atoms with Crippen molar-refractivity contribution in [2.75, 3.05) is 26.2 Å². The van der Waals surface area contributed by atoms with Gasteiger partial charge in [-0.3, -0.25) is 9.69 Å². The van der Waals surface area contributed by atoms with Gasteiger partial charge < -0.3 is 9.42 Å². The number of hydrogen-bond donors (Lipinski definition) is 0. The van der Waals surface area contributed by atoms with Crippen molar-refractivity contribution in [1.29, 1.82) is 0 Å². The minimum absolute atomic E-state index is 0.0692. The molecule has 3 heterocycles. The van der Waals surface area contributed by atoms with Crippen molar-refractivity contribution < 1.29 is 9.32 Å². The monoisotopic (exact) mass is 348 g/mol. The molecule has 0 spiro atoms. The number of likely N-dealkylation sites (tertiary alicyclic amines) is 2. The molecule has 0 bridgehead atoms. The maximum atomic E-state index is 13.0. The van der Waals surface area contributed by atoms with Gasteiger partial charge in [-0.05, 0) is 39.2 Å². The molecule has 0 unspecified atom stereocenters. The first kappa shape index (κ1) is 18.4. The summed E-state index contributed by atoms with van der Waals surface area (Å²) in [4.78, 5) is 21.9. The van der Waals surface area contributed by atoms with Crippen molar-refractivity contribution in [1.82, 2.24) is 19.9 Å². The van der Waals surface area contributed by atoms with Crippen LogP contribution in [0.4, 0.5) is 0 Å². The van der Waals surface area contributed by atoms with Gasteiger partial charge in [-0.2, -0.15) is 4.98 Å². The zero-order chi connectivity index (χ0) is 17.8. The van der Waals surface area contributed by atoms with Gasteiger partial charge in [0.15, 0.2) is 5.82 Å². The van der Waals surface area contributed by atoms with Crippen LogP contribution in [-0.4, -0.2) is 52.0 Å². The lowest BCUT2D eigenvalue weighted by atomic mass is 9.95. The van der Waals surface area contributed by atoms with Crippen LogP contribution in [0.2, 0.25) is 0 Å². The van der Waals surface area contributed by atoms with Crippen LogP contribution in [0.15, 0.2) is 4.52 Å². The fourth-order valence-corrected chi connectivity index (χ4v) is 3.92. The number of carbonyl (C=O) groups excluding carboxylic acids is 1. The summed E-state index contributed by atoms with van der Waals surface area (Å²) < 4.78 is 5.47. The minimum atomic E-state index is 0.0692. The van der Waals surface area contributed by atoms with E-state index in [0.29, 0.717) is 11.8 Å². The van der Waals surface area contributed by atoms with Gasteiger partial charge in [-0.1, -0.05) is 31.8 Å². The number of amides is 1. The van der Waals surface area contributed by atoms with E-state index in [-0.39, 0.29) is 17.9 Å². The predicted molar refractivity (Wildman–Crippen MR) is 96.1 cm³/mol. The van der Waals surface area contributed by atoms with Crippen LogP contribution in [-0.2, 0) is 4.79 Å². The third-order valence-corrected chi connectivity index (χ3v) is 5.60. The molecule has 6 heteroatoms. The topological polar surface area (TPSA) is 62.5 Å². The summed E-state index contributed by atoms with van der Waals surface area (Å²) in [5.74, 6) is 2.17. The van der Waals surface area contributed by atoms with Crippen molar-refractivity contribution in [2.45, 2.75) is 71.3 Å². The molecule has 2 atom stereocenters. The van der Waals surface area contributed by atoms with Crippen LogP contribution in [0, 0.1) is 5.92 Å². The summed E-state index contributed by atoms with van der Waals surface area (Å²) >= 11 is 0. The number of piperidine rings is 1. The molecule has 25 heavy (non-hydrogen) atoms. The van der Waals surface area contributed by atoms with Crippen molar-refractivity contribution in [2.24, 2.45) is 5.92 Å². The van der Waals surface area contributed by atoms with Gasteiger partial charge >= 0.3 is 0 Å². The third-order valence-electron chi connectivity index (χ3n) is 5.60. The molecule has 1 amide bonds. The summed E-state index contributed by atoms with van der Waals surface area (Å²) in [6.45, 7) is 9.90. The average molecular weight is 348 g/mol. The summed E-state index contributed by atoms with van der Waals surface area (Å²) in [5.41, 5.74) is 0. The largest absolute Gasteiger partial charge is 0.342 e. The van der Waals surface area contributed by atoms with Crippen LogP contribution < -0.4 is 0 Å². The molecule has 0 aromatic carbocycles. The van der Waals surface area contributed by atoms with Crippen LogP contribution in [0.3, 0.4) is 0 Å². The van der Waals surface area contributed by atoms with Crippen molar-refractivity contribution in [3.05, 3.63) is 11.7 Å². The van der Waals surface area contributed by atoms with E-state index in [9.17, 15) is 4.79 Å². The fraction of sp³-hybridized carbons (Fsp3) is 0.842. The molecule has 0 aliphatic carbocycles. The quantitative estimate of drug-likeness (QED) is 0.835. The van der Waals surface area contributed by atoms with Gasteiger partial charge in [0.1, 0.15) is 0 Å². The maximum Gasteiger partial charge on any atom is 0.243 e. The molecule has 2 fully saturated rings. The van der Waals surface area contributed by atoms with Gasteiger partial charge in [0, 0.05) is 25.6 Å². The van der Waals surface area contributed by atoms with E-state index in [1.807, 2.05) is 0 Å².